The summed E-state index contributed by atoms with van der Waals surface area (Å²) >= 11 is 5.68. The lowest BCUT2D eigenvalue weighted by atomic mass is 10.2. The molecular weight excluding hydrogens is 447 g/mol. The largest absolute Gasteiger partial charge is 0.379 e. The van der Waals surface area contributed by atoms with Crippen LogP contribution in [-0.2, 0) is 4.74 Å². The molecule has 114 valence electrons. The molecule has 2 heterocycles. The van der Waals surface area contributed by atoms with Crippen LogP contribution in [0.1, 0.15) is 16.8 Å². The van der Waals surface area contributed by atoms with Crippen LogP contribution >= 0.6 is 38.5 Å². The number of hydrogen-bond donors (Lipinski definition) is 0. The monoisotopic (exact) mass is 464 g/mol. The second-order valence-electron chi connectivity index (χ2n) is 5.47. The molecule has 0 N–H and O–H groups in total. The number of carbonyl (C=O) groups excluding carboxylic acids is 1. The van der Waals surface area contributed by atoms with E-state index in [2.05, 4.69) is 43.4 Å². The van der Waals surface area contributed by atoms with Gasteiger partial charge in [-0.3, -0.25) is 9.69 Å². The number of ether oxygens (including phenoxy) is 1. The molecular formula is C15H18BrIN2O2. The normalized spacial score (nSPS) is 23.5. The van der Waals surface area contributed by atoms with Gasteiger partial charge in [0.05, 0.1) is 18.8 Å². The number of amides is 1. The van der Waals surface area contributed by atoms with Crippen molar-refractivity contribution < 1.29 is 9.53 Å². The third-order valence-corrected chi connectivity index (χ3v) is 5.61. The van der Waals surface area contributed by atoms with Gasteiger partial charge in [-0.2, -0.15) is 0 Å². The van der Waals surface area contributed by atoms with Crippen molar-refractivity contribution in [2.24, 2.45) is 0 Å². The summed E-state index contributed by atoms with van der Waals surface area (Å²) in [4.78, 5) is 17.2. The van der Waals surface area contributed by atoms with Crippen molar-refractivity contribution in [2.45, 2.75) is 12.5 Å². The van der Waals surface area contributed by atoms with Crippen LogP contribution in [0, 0.1) is 3.57 Å². The van der Waals surface area contributed by atoms with Crippen LogP contribution < -0.4 is 0 Å². The van der Waals surface area contributed by atoms with Gasteiger partial charge in [-0.25, -0.2) is 0 Å². The highest BCUT2D eigenvalue weighted by atomic mass is 127. The molecule has 4 nitrogen and oxygen atoms in total. The molecule has 3 rings (SSSR count). The third kappa shape index (κ3) is 3.60. The minimum atomic E-state index is 0.149. The summed E-state index contributed by atoms with van der Waals surface area (Å²) < 4.78 is 7.37. The molecule has 6 heteroatoms. The Morgan fingerprint density at radius 2 is 2.05 bits per heavy atom. The van der Waals surface area contributed by atoms with Crippen molar-refractivity contribution in [3.8, 4) is 0 Å². The van der Waals surface area contributed by atoms with Crippen molar-refractivity contribution >= 4 is 44.4 Å². The Hall–Kier alpha value is -0.180. The maximum absolute atomic E-state index is 12.7. The van der Waals surface area contributed by atoms with Gasteiger partial charge in [-0.1, -0.05) is 15.9 Å². The maximum Gasteiger partial charge on any atom is 0.255 e. The Bertz CT molecular complexity index is 534. The Kier molecular flexibility index (Phi) is 5.19. The van der Waals surface area contributed by atoms with E-state index >= 15 is 0 Å². The first-order valence-corrected chi connectivity index (χ1v) is 9.08. The fourth-order valence-electron chi connectivity index (χ4n) is 3.00. The zero-order chi connectivity index (χ0) is 14.8. The standard InChI is InChI=1S/C15H18BrIN2O2/c16-11-1-2-14(17)13(9-11)15(20)19-4-3-12(10-19)18-5-7-21-8-6-18/h1-2,9,12H,3-8,10H2. The lowest BCUT2D eigenvalue weighted by Gasteiger charge is -2.32. The Labute approximate surface area is 147 Å². The summed E-state index contributed by atoms with van der Waals surface area (Å²) in [6, 6.07) is 6.36. The molecule has 0 radical (unpaired) electrons. The second-order valence-corrected chi connectivity index (χ2v) is 7.54. The highest BCUT2D eigenvalue weighted by Crippen LogP contribution is 2.23. The molecule has 21 heavy (non-hydrogen) atoms. The molecule has 2 saturated heterocycles. The zero-order valence-corrected chi connectivity index (χ0v) is 15.5. The highest BCUT2D eigenvalue weighted by Gasteiger charge is 2.32. The fraction of sp³-hybridized carbons (Fsp3) is 0.533. The van der Waals surface area contributed by atoms with Gasteiger partial charge in [-0.05, 0) is 47.2 Å². The van der Waals surface area contributed by atoms with Crippen molar-refractivity contribution in [1.29, 1.82) is 0 Å². The molecule has 0 aromatic heterocycles. The zero-order valence-electron chi connectivity index (χ0n) is 11.7. The van der Waals surface area contributed by atoms with Crippen molar-refractivity contribution in [3.05, 3.63) is 31.8 Å². The molecule has 0 spiro atoms. The summed E-state index contributed by atoms with van der Waals surface area (Å²) in [6.45, 7) is 5.29. The van der Waals surface area contributed by atoms with Crippen molar-refractivity contribution in [3.63, 3.8) is 0 Å². The molecule has 0 bridgehead atoms. The van der Waals surface area contributed by atoms with Gasteiger partial charge >= 0.3 is 0 Å². The summed E-state index contributed by atoms with van der Waals surface area (Å²) in [7, 11) is 0. The molecule has 1 atom stereocenters. The van der Waals surface area contributed by atoms with E-state index in [1.165, 1.54) is 0 Å². The Morgan fingerprint density at radius 1 is 1.29 bits per heavy atom. The van der Waals surface area contributed by atoms with E-state index in [0.29, 0.717) is 6.04 Å². The Morgan fingerprint density at radius 3 is 2.81 bits per heavy atom. The lowest BCUT2D eigenvalue weighted by Crippen LogP contribution is -2.45. The van der Waals surface area contributed by atoms with Crippen LogP contribution in [0.25, 0.3) is 0 Å². The number of halogens is 2. The predicted molar refractivity (Wildman–Crippen MR) is 93.6 cm³/mol. The number of carbonyl (C=O) groups is 1. The molecule has 0 aliphatic carbocycles. The number of nitrogens with zero attached hydrogens (tertiary/aromatic N) is 2. The molecule has 0 saturated carbocycles. The van der Waals surface area contributed by atoms with E-state index in [4.69, 9.17) is 4.74 Å². The molecule has 1 amide bonds. The minimum Gasteiger partial charge on any atom is -0.379 e. The van der Waals surface area contributed by atoms with Gasteiger partial charge in [0.15, 0.2) is 0 Å². The summed E-state index contributed by atoms with van der Waals surface area (Å²) in [5, 5.41) is 0. The topological polar surface area (TPSA) is 32.8 Å². The average Bonchev–Trinajstić information content (AvgIpc) is 3.00. The SMILES string of the molecule is O=C(c1cc(Br)ccc1I)N1CCC(N2CCOCC2)C1. The predicted octanol–water partition coefficient (Wildman–Crippen LogP) is 2.60. The molecule has 2 fully saturated rings. The number of likely N-dealkylation sites (tertiary alicyclic amines) is 1. The first kappa shape index (κ1) is 15.7. The van der Waals surface area contributed by atoms with Gasteiger partial charge < -0.3 is 9.64 Å². The van der Waals surface area contributed by atoms with Gasteiger partial charge in [-0.15, -0.1) is 0 Å². The number of hydrogen-bond acceptors (Lipinski definition) is 3. The number of morpholine rings is 1. The second kappa shape index (κ2) is 6.93. The summed E-state index contributed by atoms with van der Waals surface area (Å²) in [6.07, 6.45) is 1.07. The minimum absolute atomic E-state index is 0.149. The van der Waals surface area contributed by atoms with E-state index in [9.17, 15) is 4.79 Å². The first-order valence-electron chi connectivity index (χ1n) is 7.21. The van der Waals surface area contributed by atoms with Crippen LogP contribution in [0.4, 0.5) is 0 Å². The summed E-state index contributed by atoms with van der Waals surface area (Å²) in [5.41, 5.74) is 0.799. The van der Waals surface area contributed by atoms with Crippen molar-refractivity contribution in [1.82, 2.24) is 9.80 Å². The van der Waals surface area contributed by atoms with Gasteiger partial charge in [0, 0.05) is 40.3 Å². The van der Waals surface area contributed by atoms with E-state index in [0.717, 1.165) is 59.4 Å². The number of rotatable bonds is 2. The van der Waals surface area contributed by atoms with Crippen LogP contribution in [0.15, 0.2) is 22.7 Å². The van der Waals surface area contributed by atoms with E-state index in [1.54, 1.807) is 0 Å². The molecule has 1 unspecified atom stereocenters. The van der Waals surface area contributed by atoms with E-state index < -0.39 is 0 Å². The van der Waals surface area contributed by atoms with Gasteiger partial charge in [0.25, 0.3) is 5.91 Å². The van der Waals surface area contributed by atoms with Crippen molar-refractivity contribution in [2.75, 3.05) is 39.4 Å². The summed E-state index contributed by atoms with van der Waals surface area (Å²) in [5.74, 6) is 0.149. The van der Waals surface area contributed by atoms with Crippen LogP contribution in [0.5, 0.6) is 0 Å². The van der Waals surface area contributed by atoms with Gasteiger partial charge in [0.2, 0.25) is 0 Å². The average molecular weight is 465 g/mol. The molecule has 1 aromatic carbocycles. The molecule has 2 aliphatic heterocycles. The van der Waals surface area contributed by atoms with E-state index in [-0.39, 0.29) is 5.91 Å². The van der Waals surface area contributed by atoms with Gasteiger partial charge in [0.1, 0.15) is 0 Å². The Balaban J connectivity index is 1.67. The number of benzene rings is 1. The van der Waals surface area contributed by atoms with Crippen LogP contribution in [0.2, 0.25) is 0 Å². The first-order chi connectivity index (χ1) is 10.1. The fourth-order valence-corrected chi connectivity index (χ4v) is 3.93. The van der Waals surface area contributed by atoms with Crippen LogP contribution in [-0.4, -0.2) is 61.1 Å². The quantitative estimate of drug-likeness (QED) is 0.631. The third-order valence-electron chi connectivity index (χ3n) is 4.17. The lowest BCUT2D eigenvalue weighted by molar-refractivity contribution is 0.0185. The highest BCUT2D eigenvalue weighted by molar-refractivity contribution is 14.1. The maximum atomic E-state index is 12.7. The molecule has 2 aliphatic rings. The van der Waals surface area contributed by atoms with Crippen LogP contribution in [0.3, 0.4) is 0 Å². The molecule has 1 aromatic rings. The smallest absolute Gasteiger partial charge is 0.255 e. The van der Waals surface area contributed by atoms with E-state index in [1.807, 2.05) is 23.1 Å².